The Morgan fingerprint density at radius 3 is 2.30 bits per heavy atom. The summed E-state index contributed by atoms with van der Waals surface area (Å²) >= 11 is 0.976. The Balaban J connectivity index is 1.44. The molecule has 1 fully saturated rings. The van der Waals surface area contributed by atoms with Gasteiger partial charge in [-0.2, -0.15) is 13.2 Å². The van der Waals surface area contributed by atoms with Gasteiger partial charge in [0.05, 0.1) is 6.54 Å². The van der Waals surface area contributed by atoms with Crippen LogP contribution in [0.4, 0.5) is 13.2 Å². The average molecular weight is 441 g/mol. The van der Waals surface area contributed by atoms with Gasteiger partial charge in [-0.1, -0.05) is 24.3 Å². The summed E-state index contributed by atoms with van der Waals surface area (Å²) in [5.74, 6) is 0.514. The molecule has 2 aromatic rings. The smallest absolute Gasteiger partial charge is 0.352 e. The molecule has 1 saturated heterocycles. The first-order valence-corrected chi connectivity index (χ1v) is 10.7. The van der Waals surface area contributed by atoms with E-state index in [1.165, 1.54) is 5.56 Å². The Morgan fingerprint density at radius 1 is 1.07 bits per heavy atom. The molecule has 0 bridgehead atoms. The quantitative estimate of drug-likeness (QED) is 0.535. The van der Waals surface area contributed by atoms with Crippen molar-refractivity contribution in [2.45, 2.75) is 25.8 Å². The summed E-state index contributed by atoms with van der Waals surface area (Å²) in [6.45, 7) is 6.10. The molecule has 0 radical (unpaired) electrons. The number of nitrogens with one attached hydrogen (secondary N) is 2. The summed E-state index contributed by atoms with van der Waals surface area (Å²) in [5, 5.41) is 7.56. The van der Waals surface area contributed by atoms with Crippen molar-refractivity contribution in [2.75, 3.05) is 40.3 Å². The zero-order chi connectivity index (χ0) is 21.6. The largest absolute Gasteiger partial charge is 0.434 e. The van der Waals surface area contributed by atoms with Gasteiger partial charge in [-0.05, 0) is 18.2 Å². The number of halogens is 3. The van der Waals surface area contributed by atoms with E-state index in [9.17, 15) is 13.2 Å². The summed E-state index contributed by atoms with van der Waals surface area (Å²) < 4.78 is 37.9. The second-order valence-electron chi connectivity index (χ2n) is 7.30. The summed E-state index contributed by atoms with van der Waals surface area (Å²) in [5.41, 5.74) is 1.53. The number of alkyl halides is 3. The molecule has 6 nitrogen and oxygen atoms in total. The van der Waals surface area contributed by atoms with E-state index < -0.39 is 11.9 Å². The summed E-state index contributed by atoms with van der Waals surface area (Å²) in [4.78, 5) is 12.5. The van der Waals surface area contributed by atoms with E-state index in [1.807, 2.05) is 0 Å². The van der Waals surface area contributed by atoms with Crippen LogP contribution in [0, 0.1) is 0 Å². The number of guanidine groups is 1. The third-order valence-electron chi connectivity index (χ3n) is 4.96. The molecule has 0 unspecified atom stereocenters. The second-order valence-corrected chi connectivity index (χ2v) is 8.24. The molecule has 1 aliphatic rings. The molecule has 0 aliphatic carbocycles. The predicted molar refractivity (Wildman–Crippen MR) is 113 cm³/mol. The Hall–Kier alpha value is -2.17. The molecule has 1 aliphatic heterocycles. The van der Waals surface area contributed by atoms with Crippen molar-refractivity contribution in [2.24, 2.45) is 4.99 Å². The Kier molecular flexibility index (Phi) is 7.68. The van der Waals surface area contributed by atoms with Crippen LogP contribution >= 0.6 is 11.3 Å². The maximum atomic E-state index is 12.6. The van der Waals surface area contributed by atoms with Crippen LogP contribution in [0.2, 0.25) is 0 Å². The zero-order valence-corrected chi connectivity index (χ0v) is 18.0. The van der Waals surface area contributed by atoms with Crippen LogP contribution in [-0.2, 0) is 25.8 Å². The van der Waals surface area contributed by atoms with Crippen LogP contribution in [0.25, 0.3) is 0 Å². The highest BCUT2D eigenvalue weighted by Crippen LogP contribution is 2.29. The number of hydrogen-bond acceptors (Lipinski definition) is 5. The van der Waals surface area contributed by atoms with E-state index in [2.05, 4.69) is 61.7 Å². The van der Waals surface area contributed by atoms with Crippen LogP contribution in [0.1, 0.15) is 21.8 Å². The average Bonchev–Trinajstić information content (AvgIpc) is 3.21. The van der Waals surface area contributed by atoms with Crippen molar-refractivity contribution >= 4 is 17.3 Å². The van der Waals surface area contributed by atoms with Crippen molar-refractivity contribution in [1.82, 2.24) is 25.4 Å². The molecule has 30 heavy (non-hydrogen) atoms. The molecule has 1 aromatic heterocycles. The summed E-state index contributed by atoms with van der Waals surface area (Å²) in [6.07, 6.45) is -4.41. The number of aromatic nitrogens is 1. The van der Waals surface area contributed by atoms with Gasteiger partial charge in [0.15, 0.2) is 11.7 Å². The van der Waals surface area contributed by atoms with Crippen molar-refractivity contribution in [3.8, 4) is 0 Å². The number of nitrogens with zero attached hydrogens (tertiary/aromatic N) is 4. The fourth-order valence-electron chi connectivity index (χ4n) is 3.11. The molecule has 3 rings (SSSR count). The topological polar surface area (TPSA) is 55.8 Å². The first-order chi connectivity index (χ1) is 14.3. The molecule has 0 atom stereocenters. The molecule has 1 aromatic carbocycles. The van der Waals surface area contributed by atoms with Crippen LogP contribution < -0.4 is 10.6 Å². The third-order valence-corrected chi connectivity index (χ3v) is 5.81. The van der Waals surface area contributed by atoms with Gasteiger partial charge in [0, 0.05) is 51.7 Å². The second kappa shape index (κ2) is 10.2. The van der Waals surface area contributed by atoms with E-state index in [4.69, 9.17) is 0 Å². The van der Waals surface area contributed by atoms with E-state index in [0.29, 0.717) is 17.5 Å². The Morgan fingerprint density at radius 2 is 1.70 bits per heavy atom. The predicted octanol–water partition coefficient (Wildman–Crippen LogP) is 2.77. The lowest BCUT2D eigenvalue weighted by molar-refractivity contribution is -0.140. The molecule has 2 N–H and O–H groups in total. The van der Waals surface area contributed by atoms with Gasteiger partial charge in [0.25, 0.3) is 0 Å². The van der Waals surface area contributed by atoms with Gasteiger partial charge in [-0.15, -0.1) is 11.3 Å². The lowest BCUT2D eigenvalue weighted by Gasteiger charge is -2.32. The van der Waals surface area contributed by atoms with Crippen LogP contribution in [-0.4, -0.2) is 61.0 Å². The Bertz CT molecular complexity index is 826. The first-order valence-electron chi connectivity index (χ1n) is 9.78. The zero-order valence-electron chi connectivity index (χ0n) is 17.2. The SMILES string of the molecule is CN=C(NCc1ccc(CN2CCN(C)CC2)cc1)NCc1nc(C(F)(F)F)cs1. The molecule has 0 spiro atoms. The minimum Gasteiger partial charge on any atom is -0.352 e. The minimum absolute atomic E-state index is 0.185. The first kappa shape index (κ1) is 22.5. The lowest BCUT2D eigenvalue weighted by atomic mass is 10.1. The fraction of sp³-hybridized carbons (Fsp3) is 0.500. The molecule has 0 amide bonds. The fourth-order valence-corrected chi connectivity index (χ4v) is 3.86. The van der Waals surface area contributed by atoms with Crippen LogP contribution in [0.15, 0.2) is 34.6 Å². The lowest BCUT2D eigenvalue weighted by Crippen LogP contribution is -2.43. The summed E-state index contributed by atoms with van der Waals surface area (Å²) in [6, 6.07) is 8.45. The number of piperazine rings is 1. The van der Waals surface area contributed by atoms with Crippen molar-refractivity contribution in [3.63, 3.8) is 0 Å². The van der Waals surface area contributed by atoms with Crippen LogP contribution in [0.5, 0.6) is 0 Å². The third kappa shape index (κ3) is 6.68. The van der Waals surface area contributed by atoms with Crippen molar-refractivity contribution in [1.29, 1.82) is 0 Å². The summed E-state index contributed by atoms with van der Waals surface area (Å²) in [7, 11) is 3.77. The Labute approximate surface area is 178 Å². The minimum atomic E-state index is -4.41. The van der Waals surface area contributed by atoms with Gasteiger partial charge in [0.2, 0.25) is 0 Å². The van der Waals surface area contributed by atoms with Gasteiger partial charge in [-0.3, -0.25) is 9.89 Å². The van der Waals surface area contributed by atoms with Crippen molar-refractivity contribution < 1.29 is 13.2 Å². The normalized spacial score (nSPS) is 16.6. The highest BCUT2D eigenvalue weighted by Gasteiger charge is 2.33. The number of likely N-dealkylation sites (N-methyl/N-ethyl adjacent to an activating group) is 1. The molecular formula is C20H27F3N6S. The molecule has 0 saturated carbocycles. The number of aliphatic imine (C=N–C) groups is 1. The van der Waals surface area contributed by atoms with Gasteiger partial charge < -0.3 is 15.5 Å². The molecule has 2 heterocycles. The number of rotatable bonds is 6. The monoisotopic (exact) mass is 440 g/mol. The maximum absolute atomic E-state index is 12.6. The number of thiazole rings is 1. The van der Waals surface area contributed by atoms with E-state index >= 15 is 0 Å². The van der Waals surface area contributed by atoms with E-state index in [-0.39, 0.29) is 6.54 Å². The van der Waals surface area contributed by atoms with Gasteiger partial charge in [-0.25, -0.2) is 4.98 Å². The molecular weight excluding hydrogens is 413 g/mol. The maximum Gasteiger partial charge on any atom is 0.434 e. The number of benzene rings is 1. The van der Waals surface area contributed by atoms with Gasteiger partial charge in [0.1, 0.15) is 5.01 Å². The molecule has 10 heteroatoms. The van der Waals surface area contributed by atoms with E-state index in [1.54, 1.807) is 7.05 Å². The van der Waals surface area contributed by atoms with Crippen molar-refractivity contribution in [3.05, 3.63) is 51.5 Å². The number of hydrogen-bond donors (Lipinski definition) is 2. The van der Waals surface area contributed by atoms with Gasteiger partial charge >= 0.3 is 6.18 Å². The highest BCUT2D eigenvalue weighted by atomic mass is 32.1. The van der Waals surface area contributed by atoms with Crippen LogP contribution in [0.3, 0.4) is 0 Å². The highest BCUT2D eigenvalue weighted by molar-refractivity contribution is 7.09. The molecule has 164 valence electrons. The standard InChI is InChI=1S/C20H27F3N6S/c1-24-19(26-12-18-27-17(14-30-18)20(21,22)23)25-11-15-3-5-16(6-4-15)13-29-9-7-28(2)8-10-29/h3-6,14H,7-13H2,1-2H3,(H2,24,25,26). The van der Waals surface area contributed by atoms with E-state index in [0.717, 1.165) is 55.0 Å².